The normalized spacial score (nSPS) is 13.7. The maximum atomic E-state index is 11.7. The zero-order chi connectivity index (χ0) is 22.9. The van der Waals surface area contributed by atoms with Gasteiger partial charge in [0.15, 0.2) is 18.1 Å². The first kappa shape index (κ1) is 20.8. The van der Waals surface area contributed by atoms with Gasteiger partial charge >= 0.3 is 0 Å². The summed E-state index contributed by atoms with van der Waals surface area (Å²) < 4.78 is 18.4. The first-order valence-electron chi connectivity index (χ1n) is 10.4. The van der Waals surface area contributed by atoms with E-state index in [1.54, 1.807) is 20.4 Å². The lowest BCUT2D eigenvalue weighted by Gasteiger charge is -2.19. The molecule has 4 aromatic rings. The Labute approximate surface area is 190 Å². The Morgan fingerprint density at radius 1 is 1.21 bits per heavy atom. The fraction of sp³-hybridized carbons (Fsp3) is 0.208. The van der Waals surface area contributed by atoms with E-state index in [9.17, 15) is 4.79 Å². The van der Waals surface area contributed by atoms with Gasteiger partial charge in [0.05, 0.1) is 24.6 Å². The molecule has 9 nitrogen and oxygen atoms in total. The van der Waals surface area contributed by atoms with E-state index in [2.05, 4.69) is 15.6 Å². The van der Waals surface area contributed by atoms with Gasteiger partial charge in [0.2, 0.25) is 0 Å². The highest BCUT2D eigenvalue weighted by atomic mass is 16.5. The molecule has 1 unspecified atom stereocenters. The lowest BCUT2D eigenvalue weighted by atomic mass is 10.1. The highest BCUT2D eigenvalue weighted by Crippen LogP contribution is 2.34. The molecule has 0 radical (unpaired) electrons. The average molecular weight is 445 g/mol. The quantitative estimate of drug-likeness (QED) is 0.459. The fourth-order valence-electron chi connectivity index (χ4n) is 3.79. The molecule has 9 heteroatoms. The Morgan fingerprint density at radius 2 is 2.09 bits per heavy atom. The molecule has 0 spiro atoms. The number of hydrogen-bond donors (Lipinski definition) is 2. The van der Waals surface area contributed by atoms with Crippen molar-refractivity contribution in [1.82, 2.24) is 14.4 Å². The Kier molecular flexibility index (Phi) is 5.31. The van der Waals surface area contributed by atoms with Crippen molar-refractivity contribution in [3.05, 3.63) is 60.6 Å². The number of carbonyl (C=O) groups is 1. The molecule has 0 saturated heterocycles. The summed E-state index contributed by atoms with van der Waals surface area (Å²) in [5.74, 6) is 1.76. The smallest absolute Gasteiger partial charge is 0.262 e. The molecule has 3 heterocycles. The minimum Gasteiger partial charge on any atom is -0.496 e. The lowest BCUT2D eigenvalue weighted by Crippen LogP contribution is -2.25. The van der Waals surface area contributed by atoms with E-state index in [1.807, 2.05) is 60.1 Å². The topological polar surface area (TPSA) is 99.0 Å². The van der Waals surface area contributed by atoms with Gasteiger partial charge in [0.25, 0.3) is 5.91 Å². The molecule has 1 aliphatic rings. The number of nitrogens with zero attached hydrogens (tertiary/aromatic N) is 3. The van der Waals surface area contributed by atoms with Crippen LogP contribution in [0.1, 0.15) is 18.6 Å². The number of rotatable bonds is 6. The summed E-state index contributed by atoms with van der Waals surface area (Å²) in [7, 11) is 3.30. The van der Waals surface area contributed by atoms with Gasteiger partial charge in [-0.1, -0.05) is 6.07 Å². The van der Waals surface area contributed by atoms with Crippen molar-refractivity contribution < 1.29 is 19.0 Å². The second-order valence-electron chi connectivity index (χ2n) is 7.64. The minimum absolute atomic E-state index is 0.0189. The molecule has 0 fully saturated rings. The summed E-state index contributed by atoms with van der Waals surface area (Å²) in [5.41, 5.74) is 4.61. The van der Waals surface area contributed by atoms with Crippen molar-refractivity contribution >= 4 is 28.7 Å². The van der Waals surface area contributed by atoms with Gasteiger partial charge in [-0.3, -0.25) is 4.79 Å². The van der Waals surface area contributed by atoms with Crippen molar-refractivity contribution in [3.63, 3.8) is 0 Å². The van der Waals surface area contributed by atoms with E-state index in [0.717, 1.165) is 22.6 Å². The number of anilines is 3. The first-order valence-corrected chi connectivity index (χ1v) is 10.4. The number of carbonyl (C=O) groups excluding carboxylic acids is 1. The number of fused-ring (bicyclic) bond motifs is 2. The van der Waals surface area contributed by atoms with Crippen LogP contribution in [0.4, 0.5) is 17.2 Å². The summed E-state index contributed by atoms with van der Waals surface area (Å²) in [6.07, 6.45) is 5.38. The van der Waals surface area contributed by atoms with E-state index >= 15 is 0 Å². The van der Waals surface area contributed by atoms with Crippen LogP contribution in [0.5, 0.6) is 11.5 Å². The van der Waals surface area contributed by atoms with Crippen LogP contribution in [0.2, 0.25) is 0 Å². The number of nitrogens with one attached hydrogen (secondary N) is 2. The van der Waals surface area contributed by atoms with Crippen molar-refractivity contribution in [2.75, 3.05) is 31.5 Å². The molecule has 0 bridgehead atoms. The Morgan fingerprint density at radius 3 is 2.91 bits per heavy atom. The van der Waals surface area contributed by atoms with E-state index in [-0.39, 0.29) is 18.6 Å². The number of ether oxygens (including phenoxy) is 3. The average Bonchev–Trinajstić information content (AvgIpc) is 3.32. The van der Waals surface area contributed by atoms with Crippen LogP contribution in [-0.4, -0.2) is 41.1 Å². The molecule has 1 atom stereocenters. The fourth-order valence-corrected chi connectivity index (χ4v) is 3.79. The molecule has 5 rings (SSSR count). The molecule has 2 aromatic carbocycles. The standard InChI is InChI=1S/C24H23N5O4/c1-14(31-2)17-6-5-16(11-21(17)32-3)26-23-24-25-8-9-29(24)12-19(28-23)15-4-7-20-18(10-15)27-22(30)13-33-20/h4-12,14H,13H2,1-3H3,(H,26,28)(H,27,30). The van der Waals surface area contributed by atoms with E-state index < -0.39 is 0 Å². The third-order valence-corrected chi connectivity index (χ3v) is 5.57. The molecule has 2 N–H and O–H groups in total. The Hall–Kier alpha value is -4.11. The number of benzene rings is 2. The highest BCUT2D eigenvalue weighted by molar-refractivity contribution is 5.96. The number of methoxy groups -OCH3 is 2. The third-order valence-electron chi connectivity index (χ3n) is 5.57. The van der Waals surface area contributed by atoms with Crippen molar-refractivity contribution in [1.29, 1.82) is 0 Å². The molecule has 2 aromatic heterocycles. The highest BCUT2D eigenvalue weighted by Gasteiger charge is 2.18. The number of amides is 1. The van der Waals surface area contributed by atoms with Crippen LogP contribution in [0.3, 0.4) is 0 Å². The third kappa shape index (κ3) is 3.94. The van der Waals surface area contributed by atoms with Crippen LogP contribution in [-0.2, 0) is 9.53 Å². The maximum Gasteiger partial charge on any atom is 0.262 e. The Balaban J connectivity index is 1.53. The Bertz CT molecular complexity index is 1350. The second-order valence-corrected chi connectivity index (χ2v) is 7.64. The van der Waals surface area contributed by atoms with Crippen molar-refractivity contribution in [2.45, 2.75) is 13.0 Å². The van der Waals surface area contributed by atoms with Crippen LogP contribution in [0.15, 0.2) is 55.0 Å². The zero-order valence-corrected chi connectivity index (χ0v) is 18.5. The van der Waals surface area contributed by atoms with E-state index in [0.29, 0.717) is 28.6 Å². The van der Waals surface area contributed by atoms with Gasteiger partial charge in [0.1, 0.15) is 11.5 Å². The SMILES string of the molecule is COc1cc(Nc2nc(-c3ccc4c(c3)NC(=O)CO4)cn3ccnc23)ccc1C(C)OC. The lowest BCUT2D eigenvalue weighted by molar-refractivity contribution is -0.118. The maximum absolute atomic E-state index is 11.7. The summed E-state index contributed by atoms with van der Waals surface area (Å²) >= 11 is 0. The predicted octanol–water partition coefficient (Wildman–Crippen LogP) is 4.19. The molecular weight excluding hydrogens is 422 g/mol. The van der Waals surface area contributed by atoms with Gasteiger partial charge < -0.3 is 29.2 Å². The molecule has 1 amide bonds. The monoisotopic (exact) mass is 445 g/mol. The van der Waals surface area contributed by atoms with E-state index in [4.69, 9.17) is 19.2 Å². The van der Waals surface area contributed by atoms with Crippen molar-refractivity contribution in [2.24, 2.45) is 0 Å². The number of imidazole rings is 1. The molecule has 0 aliphatic carbocycles. The molecule has 33 heavy (non-hydrogen) atoms. The molecule has 168 valence electrons. The number of hydrogen-bond acceptors (Lipinski definition) is 7. The van der Waals surface area contributed by atoms with Crippen LogP contribution < -0.4 is 20.1 Å². The minimum atomic E-state index is -0.180. The second kappa shape index (κ2) is 8.44. The largest absolute Gasteiger partial charge is 0.496 e. The molecular formula is C24H23N5O4. The summed E-state index contributed by atoms with van der Waals surface area (Å²) in [4.78, 5) is 21.0. The number of aromatic nitrogens is 3. The van der Waals surface area contributed by atoms with Gasteiger partial charge in [0, 0.05) is 48.6 Å². The van der Waals surface area contributed by atoms with E-state index in [1.165, 1.54) is 0 Å². The summed E-state index contributed by atoms with van der Waals surface area (Å²) in [5, 5.41) is 6.20. The summed E-state index contributed by atoms with van der Waals surface area (Å²) in [6, 6.07) is 11.4. The van der Waals surface area contributed by atoms with Gasteiger partial charge in [-0.15, -0.1) is 0 Å². The van der Waals surface area contributed by atoms with Crippen LogP contribution in [0.25, 0.3) is 16.9 Å². The predicted molar refractivity (Wildman–Crippen MR) is 124 cm³/mol. The first-order chi connectivity index (χ1) is 16.1. The molecule has 1 aliphatic heterocycles. The van der Waals surface area contributed by atoms with Crippen molar-refractivity contribution in [3.8, 4) is 22.8 Å². The van der Waals surface area contributed by atoms with Gasteiger partial charge in [-0.25, -0.2) is 9.97 Å². The molecule has 0 saturated carbocycles. The van der Waals surface area contributed by atoms with Crippen LogP contribution >= 0.6 is 0 Å². The zero-order valence-electron chi connectivity index (χ0n) is 18.5. The summed E-state index contributed by atoms with van der Waals surface area (Å²) in [6.45, 7) is 1.99. The van der Waals surface area contributed by atoms with Gasteiger partial charge in [-0.2, -0.15) is 0 Å². The van der Waals surface area contributed by atoms with Gasteiger partial charge in [-0.05, 0) is 31.2 Å². The van der Waals surface area contributed by atoms with Crippen LogP contribution in [0, 0.1) is 0 Å².